The predicted octanol–water partition coefficient (Wildman–Crippen LogP) is 2.64. The van der Waals surface area contributed by atoms with Crippen LogP contribution in [0.15, 0.2) is 12.4 Å². The minimum Gasteiger partial charge on any atom is -0.466 e. The molecule has 0 radical (unpaired) electrons. The number of pyridine rings is 1. The summed E-state index contributed by atoms with van der Waals surface area (Å²) in [5.41, 5.74) is 6.97. The number of carbonyl (C=O) groups is 1. The van der Waals surface area contributed by atoms with E-state index in [2.05, 4.69) is 9.97 Å². The molecule has 8 nitrogen and oxygen atoms in total. The van der Waals surface area contributed by atoms with Crippen LogP contribution in [0.1, 0.15) is 27.2 Å². The number of imidazole rings is 1. The molecule has 0 saturated carbocycles. The maximum Gasteiger partial charge on any atom is 0.302 e. The van der Waals surface area contributed by atoms with Gasteiger partial charge in [0, 0.05) is 45.1 Å². The molecule has 2 N–H and O–H groups in total. The number of nitrogens with zero attached hydrogens (tertiary/aromatic N) is 3. The third kappa shape index (κ3) is 5.55. The summed E-state index contributed by atoms with van der Waals surface area (Å²) < 4.78 is 18.3. The van der Waals surface area contributed by atoms with Crippen LogP contribution >= 0.6 is 11.6 Å². The number of nitrogen functional groups attached to an aromatic ring is 1. The maximum atomic E-state index is 11.2. The van der Waals surface area contributed by atoms with Crippen molar-refractivity contribution >= 4 is 34.6 Å². The van der Waals surface area contributed by atoms with E-state index in [1.54, 1.807) is 12.4 Å². The van der Waals surface area contributed by atoms with Gasteiger partial charge in [-0.3, -0.25) is 4.79 Å². The van der Waals surface area contributed by atoms with Gasteiger partial charge >= 0.3 is 5.97 Å². The van der Waals surface area contributed by atoms with Crippen molar-refractivity contribution in [2.75, 3.05) is 25.6 Å². The number of hydrogen-bond acceptors (Lipinski definition) is 7. The molecule has 0 fully saturated rings. The van der Waals surface area contributed by atoms with Gasteiger partial charge in [0.25, 0.3) is 0 Å². The molecule has 0 aliphatic carbocycles. The Kier molecular flexibility index (Phi) is 7.62. The summed E-state index contributed by atoms with van der Waals surface area (Å²) >= 11 is 6.18. The second kappa shape index (κ2) is 9.70. The Hall–Kier alpha value is -1.90. The Morgan fingerprint density at radius 3 is 2.65 bits per heavy atom. The molecular formula is C17H25ClN4O4. The summed E-state index contributed by atoms with van der Waals surface area (Å²) in [6.45, 7) is 7.01. The molecule has 0 aliphatic heterocycles. The van der Waals surface area contributed by atoms with Gasteiger partial charge < -0.3 is 24.5 Å². The first-order valence-corrected chi connectivity index (χ1v) is 8.95. The highest BCUT2D eigenvalue weighted by Gasteiger charge is 2.21. The molecule has 0 bridgehead atoms. The van der Waals surface area contributed by atoms with Crippen LogP contribution in [0.25, 0.3) is 11.2 Å². The smallest absolute Gasteiger partial charge is 0.302 e. The fourth-order valence-electron chi connectivity index (χ4n) is 2.68. The number of carbonyl (C=O) groups excluding carboxylic acids is 1. The molecule has 2 aromatic heterocycles. The van der Waals surface area contributed by atoms with Gasteiger partial charge in [0.15, 0.2) is 11.9 Å². The number of ether oxygens (including phenoxy) is 3. The lowest BCUT2D eigenvalue weighted by Crippen LogP contribution is -2.27. The van der Waals surface area contributed by atoms with Crippen molar-refractivity contribution in [3.05, 3.63) is 17.4 Å². The van der Waals surface area contributed by atoms with Crippen LogP contribution in [0, 0.1) is 5.92 Å². The van der Waals surface area contributed by atoms with E-state index in [1.807, 2.05) is 18.4 Å². The van der Waals surface area contributed by atoms with Crippen molar-refractivity contribution < 1.29 is 19.0 Å². The van der Waals surface area contributed by atoms with E-state index in [0.29, 0.717) is 48.2 Å². The molecule has 9 heteroatoms. The van der Waals surface area contributed by atoms with Gasteiger partial charge in [-0.05, 0) is 13.8 Å². The van der Waals surface area contributed by atoms with Gasteiger partial charge in [0.05, 0.1) is 18.0 Å². The Balaban J connectivity index is 2.21. The predicted molar refractivity (Wildman–Crippen MR) is 98.7 cm³/mol. The minimum absolute atomic E-state index is 0.0543. The topological polar surface area (TPSA) is 101 Å². The lowest BCUT2D eigenvalue weighted by atomic mass is 10.1. The van der Waals surface area contributed by atoms with Crippen LogP contribution in [0.5, 0.6) is 0 Å². The van der Waals surface area contributed by atoms with Crippen molar-refractivity contribution in [2.45, 2.75) is 40.0 Å². The average molecular weight is 385 g/mol. The zero-order valence-electron chi connectivity index (χ0n) is 15.3. The molecule has 1 atom stereocenters. The van der Waals surface area contributed by atoms with Crippen molar-refractivity contribution in [3.63, 3.8) is 0 Å². The van der Waals surface area contributed by atoms with Crippen molar-refractivity contribution in [1.29, 1.82) is 0 Å². The van der Waals surface area contributed by atoms with Crippen LogP contribution in [0.4, 0.5) is 5.82 Å². The number of halogens is 1. The lowest BCUT2D eigenvalue weighted by Gasteiger charge is -2.23. The Bertz CT molecular complexity index is 731. The summed E-state index contributed by atoms with van der Waals surface area (Å²) in [4.78, 5) is 19.9. The molecule has 0 amide bonds. The summed E-state index contributed by atoms with van der Waals surface area (Å²) in [5, 5.41) is 0.448. The normalized spacial score (nSPS) is 12.7. The van der Waals surface area contributed by atoms with Crippen LogP contribution in [0.2, 0.25) is 5.02 Å². The lowest BCUT2D eigenvalue weighted by molar-refractivity contribution is -0.156. The number of aromatic nitrogens is 3. The number of fused-ring (bicyclic) bond motifs is 1. The van der Waals surface area contributed by atoms with E-state index >= 15 is 0 Å². The highest BCUT2D eigenvalue weighted by atomic mass is 35.5. The molecule has 0 aromatic carbocycles. The second-order valence-electron chi connectivity index (χ2n) is 5.84. The van der Waals surface area contributed by atoms with Gasteiger partial charge in [0.1, 0.15) is 11.3 Å². The van der Waals surface area contributed by atoms with Gasteiger partial charge in [-0.25, -0.2) is 9.97 Å². The highest BCUT2D eigenvalue weighted by Crippen LogP contribution is 2.24. The Morgan fingerprint density at radius 2 is 2.04 bits per heavy atom. The minimum atomic E-state index is -0.373. The zero-order valence-corrected chi connectivity index (χ0v) is 16.0. The van der Waals surface area contributed by atoms with Gasteiger partial charge in [-0.2, -0.15) is 0 Å². The van der Waals surface area contributed by atoms with Crippen LogP contribution < -0.4 is 5.73 Å². The second-order valence-corrected chi connectivity index (χ2v) is 6.25. The molecule has 0 spiro atoms. The maximum absolute atomic E-state index is 11.2. The SMILES string of the molecule is CCOC(CC(COC(C)=O)Cn1cnc2c(Cl)cc(N)nc21)OCC. The van der Waals surface area contributed by atoms with E-state index in [9.17, 15) is 4.79 Å². The summed E-state index contributed by atoms with van der Waals surface area (Å²) in [6.07, 6.45) is 1.84. The van der Waals surface area contributed by atoms with Crippen LogP contribution in [0.3, 0.4) is 0 Å². The first-order valence-electron chi connectivity index (χ1n) is 8.57. The number of esters is 1. The van der Waals surface area contributed by atoms with Gasteiger partial charge in [0.2, 0.25) is 0 Å². The number of anilines is 1. The van der Waals surface area contributed by atoms with E-state index in [4.69, 9.17) is 31.5 Å². The third-order valence-electron chi connectivity index (χ3n) is 3.75. The first kappa shape index (κ1) is 20.4. The van der Waals surface area contributed by atoms with Crippen molar-refractivity contribution in [3.8, 4) is 0 Å². The van der Waals surface area contributed by atoms with Crippen molar-refractivity contribution in [2.24, 2.45) is 5.92 Å². The fraction of sp³-hybridized carbons (Fsp3) is 0.588. The molecule has 2 rings (SSSR count). The summed E-state index contributed by atoms with van der Waals surface area (Å²) in [7, 11) is 0. The monoisotopic (exact) mass is 384 g/mol. The van der Waals surface area contributed by atoms with Crippen LogP contribution in [-0.4, -0.2) is 46.6 Å². The fourth-order valence-corrected chi connectivity index (χ4v) is 2.93. The largest absolute Gasteiger partial charge is 0.466 e. The van der Waals surface area contributed by atoms with E-state index in [0.717, 1.165) is 0 Å². The van der Waals surface area contributed by atoms with Gasteiger partial charge in [-0.1, -0.05) is 11.6 Å². The average Bonchev–Trinajstić information content (AvgIpc) is 2.96. The van der Waals surface area contributed by atoms with Crippen LogP contribution in [-0.2, 0) is 25.5 Å². The highest BCUT2D eigenvalue weighted by molar-refractivity contribution is 6.35. The third-order valence-corrected chi connectivity index (χ3v) is 4.04. The van der Waals surface area contributed by atoms with Crippen molar-refractivity contribution in [1.82, 2.24) is 14.5 Å². The Labute approximate surface area is 157 Å². The quantitative estimate of drug-likeness (QED) is 0.496. The number of rotatable bonds is 10. The summed E-state index contributed by atoms with van der Waals surface area (Å²) in [5.74, 6) is -0.0658. The molecular weight excluding hydrogens is 360 g/mol. The van der Waals surface area contributed by atoms with E-state index in [1.165, 1.54) is 6.92 Å². The standard InChI is InChI=1S/C17H25ClN4O4/c1-4-24-15(25-5-2)6-12(9-26-11(3)23)8-22-10-20-16-13(18)7-14(19)21-17(16)22/h7,10,12,15H,4-6,8-9H2,1-3H3,(H2,19,21). The number of hydrogen-bond donors (Lipinski definition) is 1. The van der Waals surface area contributed by atoms with Gasteiger partial charge in [-0.15, -0.1) is 0 Å². The molecule has 0 aliphatic rings. The first-order chi connectivity index (χ1) is 12.4. The molecule has 0 saturated heterocycles. The van der Waals surface area contributed by atoms with E-state index in [-0.39, 0.29) is 24.8 Å². The molecule has 144 valence electrons. The molecule has 1 unspecified atom stereocenters. The zero-order chi connectivity index (χ0) is 19.1. The number of nitrogens with two attached hydrogens (primary N) is 1. The molecule has 2 heterocycles. The molecule has 2 aromatic rings. The van der Waals surface area contributed by atoms with E-state index < -0.39 is 0 Å². The summed E-state index contributed by atoms with van der Waals surface area (Å²) in [6, 6.07) is 1.57. The molecule has 26 heavy (non-hydrogen) atoms. The Morgan fingerprint density at radius 1 is 1.35 bits per heavy atom.